The van der Waals surface area contributed by atoms with Crippen LogP contribution in [0.5, 0.6) is 0 Å². The van der Waals surface area contributed by atoms with E-state index < -0.39 is 0 Å². The van der Waals surface area contributed by atoms with E-state index >= 15 is 0 Å². The van der Waals surface area contributed by atoms with E-state index in [-0.39, 0.29) is 17.4 Å². The largest absolute Gasteiger partial charge is 0.382 e. The lowest BCUT2D eigenvalue weighted by molar-refractivity contribution is 0.102. The second-order valence-corrected chi connectivity index (χ2v) is 4.07. The molecule has 0 aliphatic carbocycles. The van der Waals surface area contributed by atoms with Crippen molar-refractivity contribution in [1.82, 2.24) is 15.2 Å². The lowest BCUT2D eigenvalue weighted by atomic mass is 10.3. The number of hydrogen-bond donors (Lipinski definition) is 2. The molecule has 0 aliphatic heterocycles. The summed E-state index contributed by atoms with van der Waals surface area (Å²) in [6, 6.07) is 6.46. The van der Waals surface area contributed by atoms with E-state index in [1.54, 1.807) is 18.3 Å². The summed E-state index contributed by atoms with van der Waals surface area (Å²) < 4.78 is 0.836. The summed E-state index contributed by atoms with van der Waals surface area (Å²) in [7, 11) is 0. The van der Waals surface area contributed by atoms with Crippen LogP contribution < -0.4 is 11.1 Å². The van der Waals surface area contributed by atoms with Crippen LogP contribution in [0.3, 0.4) is 0 Å². The van der Waals surface area contributed by atoms with Crippen LogP contribution in [0.2, 0.25) is 0 Å². The second-order valence-electron chi connectivity index (χ2n) is 3.16. The molecule has 0 spiro atoms. The molecule has 2 aromatic rings. The first-order valence-electron chi connectivity index (χ1n) is 4.67. The minimum atomic E-state index is -0.382. The van der Waals surface area contributed by atoms with Gasteiger partial charge in [0.1, 0.15) is 11.6 Å². The molecule has 0 bridgehead atoms. The number of halogens is 1. The number of nitrogens with two attached hydrogens (primary N) is 1. The third-order valence-electron chi connectivity index (χ3n) is 1.89. The first-order chi connectivity index (χ1) is 8.15. The highest BCUT2D eigenvalue weighted by molar-refractivity contribution is 9.10. The Labute approximate surface area is 105 Å². The number of amides is 1. The zero-order valence-corrected chi connectivity index (χ0v) is 10.2. The summed E-state index contributed by atoms with van der Waals surface area (Å²) in [4.78, 5) is 15.7. The quantitative estimate of drug-likeness (QED) is 0.874. The summed E-state index contributed by atoms with van der Waals surface area (Å²) in [5.74, 6) is 0.326. The van der Waals surface area contributed by atoms with Crippen molar-refractivity contribution >= 4 is 33.5 Å². The molecule has 0 unspecified atom stereocenters. The third-order valence-corrected chi connectivity index (χ3v) is 2.36. The maximum Gasteiger partial charge on any atom is 0.277 e. The summed E-state index contributed by atoms with van der Waals surface area (Å²) in [6.45, 7) is 0. The first-order valence-corrected chi connectivity index (χ1v) is 5.46. The van der Waals surface area contributed by atoms with Crippen LogP contribution in [0.1, 0.15) is 10.5 Å². The first kappa shape index (κ1) is 11.5. The number of nitrogens with zero attached hydrogens (tertiary/aromatic N) is 3. The molecule has 2 aromatic heterocycles. The lowest BCUT2D eigenvalue weighted by Gasteiger charge is -2.03. The van der Waals surface area contributed by atoms with E-state index in [0.717, 1.165) is 4.47 Å². The smallest absolute Gasteiger partial charge is 0.277 e. The predicted molar refractivity (Wildman–Crippen MR) is 66.3 cm³/mol. The Hall–Kier alpha value is -2.02. The van der Waals surface area contributed by atoms with E-state index in [1.165, 1.54) is 12.1 Å². The van der Waals surface area contributed by atoms with Gasteiger partial charge in [-0.15, -0.1) is 10.2 Å². The number of pyridine rings is 1. The van der Waals surface area contributed by atoms with Crippen LogP contribution in [-0.2, 0) is 0 Å². The average Bonchev–Trinajstić information content (AvgIpc) is 2.33. The molecule has 6 nitrogen and oxygen atoms in total. The molecule has 7 heteroatoms. The van der Waals surface area contributed by atoms with Gasteiger partial charge in [0.15, 0.2) is 5.69 Å². The van der Waals surface area contributed by atoms with Gasteiger partial charge in [-0.2, -0.15) is 0 Å². The minimum Gasteiger partial charge on any atom is -0.382 e. The number of carbonyl (C=O) groups excluding carboxylic acids is 1. The van der Waals surface area contributed by atoms with Crippen LogP contribution in [0.15, 0.2) is 34.9 Å². The van der Waals surface area contributed by atoms with E-state index in [4.69, 9.17) is 5.73 Å². The number of hydrogen-bond acceptors (Lipinski definition) is 5. The molecular formula is C10H8BrN5O. The van der Waals surface area contributed by atoms with Crippen LogP contribution in [0, 0.1) is 0 Å². The van der Waals surface area contributed by atoms with Gasteiger partial charge in [0.2, 0.25) is 0 Å². The number of anilines is 2. The number of carbonyl (C=O) groups is 1. The Morgan fingerprint density at radius 3 is 2.65 bits per heavy atom. The van der Waals surface area contributed by atoms with E-state index in [0.29, 0.717) is 5.82 Å². The molecule has 0 saturated heterocycles. The number of aromatic nitrogens is 3. The van der Waals surface area contributed by atoms with E-state index in [2.05, 4.69) is 36.4 Å². The molecular weight excluding hydrogens is 286 g/mol. The Morgan fingerprint density at radius 1 is 1.24 bits per heavy atom. The van der Waals surface area contributed by atoms with E-state index in [9.17, 15) is 4.79 Å². The maximum atomic E-state index is 11.7. The summed E-state index contributed by atoms with van der Waals surface area (Å²) in [5, 5.41) is 9.85. The fraction of sp³-hybridized carbons (Fsp3) is 0. The fourth-order valence-corrected chi connectivity index (χ4v) is 1.33. The van der Waals surface area contributed by atoms with E-state index in [1.807, 2.05) is 0 Å². The molecule has 0 aromatic carbocycles. The molecule has 2 rings (SSSR count). The average molecular weight is 294 g/mol. The van der Waals surface area contributed by atoms with Crippen molar-refractivity contribution in [3.63, 3.8) is 0 Å². The van der Waals surface area contributed by atoms with Crippen LogP contribution >= 0.6 is 15.9 Å². The van der Waals surface area contributed by atoms with Crippen LogP contribution in [-0.4, -0.2) is 21.1 Å². The van der Waals surface area contributed by atoms with Gasteiger partial charge in [-0.25, -0.2) is 4.98 Å². The van der Waals surface area contributed by atoms with Gasteiger partial charge in [-0.1, -0.05) is 0 Å². The molecule has 0 aliphatic rings. The highest BCUT2D eigenvalue weighted by atomic mass is 79.9. The SMILES string of the molecule is Nc1ccc(C(=O)Nc2ccc(Br)cn2)nn1. The second kappa shape index (κ2) is 4.88. The zero-order valence-electron chi connectivity index (χ0n) is 8.59. The monoisotopic (exact) mass is 293 g/mol. The Bertz CT molecular complexity index is 525. The van der Waals surface area contributed by atoms with Gasteiger partial charge in [0.05, 0.1) is 0 Å². The summed E-state index contributed by atoms with van der Waals surface area (Å²) >= 11 is 3.25. The third kappa shape index (κ3) is 2.97. The molecule has 3 N–H and O–H groups in total. The van der Waals surface area contributed by atoms with Gasteiger partial charge < -0.3 is 11.1 Å². The Kier molecular flexibility index (Phi) is 3.29. The van der Waals surface area contributed by atoms with Gasteiger partial charge in [-0.05, 0) is 40.2 Å². The lowest BCUT2D eigenvalue weighted by Crippen LogP contribution is -2.15. The predicted octanol–water partition coefficient (Wildman–Crippen LogP) is 1.47. The van der Waals surface area contributed by atoms with Crippen molar-refractivity contribution in [2.24, 2.45) is 0 Å². The van der Waals surface area contributed by atoms with Gasteiger partial charge >= 0.3 is 0 Å². The zero-order chi connectivity index (χ0) is 12.3. The summed E-state index contributed by atoms with van der Waals surface area (Å²) in [6.07, 6.45) is 1.59. The van der Waals surface area contributed by atoms with Crippen LogP contribution in [0.25, 0.3) is 0 Å². The molecule has 0 saturated carbocycles. The Morgan fingerprint density at radius 2 is 2.06 bits per heavy atom. The van der Waals surface area contributed by atoms with Crippen molar-refractivity contribution in [3.8, 4) is 0 Å². The van der Waals surface area contributed by atoms with Crippen molar-refractivity contribution in [1.29, 1.82) is 0 Å². The van der Waals surface area contributed by atoms with Crippen molar-refractivity contribution in [3.05, 3.63) is 40.6 Å². The topological polar surface area (TPSA) is 93.8 Å². The molecule has 2 heterocycles. The molecule has 0 radical (unpaired) electrons. The fourth-order valence-electron chi connectivity index (χ4n) is 1.09. The molecule has 0 atom stereocenters. The minimum absolute atomic E-state index is 0.184. The highest BCUT2D eigenvalue weighted by Crippen LogP contribution is 2.11. The van der Waals surface area contributed by atoms with Gasteiger partial charge in [-0.3, -0.25) is 4.79 Å². The van der Waals surface area contributed by atoms with Crippen molar-refractivity contribution in [2.75, 3.05) is 11.1 Å². The van der Waals surface area contributed by atoms with Crippen molar-refractivity contribution < 1.29 is 4.79 Å². The number of nitrogens with one attached hydrogen (secondary N) is 1. The van der Waals surface area contributed by atoms with Gasteiger partial charge in [0.25, 0.3) is 5.91 Å². The molecule has 1 amide bonds. The van der Waals surface area contributed by atoms with Gasteiger partial charge in [0, 0.05) is 10.7 Å². The standard InChI is InChI=1S/C10H8BrN5O/c11-6-1-4-9(13-5-6)14-10(17)7-2-3-8(12)16-15-7/h1-5H,(H2,12,16)(H,13,14,17). The normalized spacial score (nSPS) is 9.94. The Balaban J connectivity index is 2.11. The molecule has 86 valence electrons. The van der Waals surface area contributed by atoms with Crippen molar-refractivity contribution in [2.45, 2.75) is 0 Å². The molecule has 0 fully saturated rings. The highest BCUT2D eigenvalue weighted by Gasteiger charge is 2.08. The maximum absolute atomic E-state index is 11.7. The number of rotatable bonds is 2. The number of nitrogen functional groups attached to an aromatic ring is 1. The molecule has 17 heavy (non-hydrogen) atoms. The van der Waals surface area contributed by atoms with Crippen LogP contribution in [0.4, 0.5) is 11.6 Å². The summed E-state index contributed by atoms with van der Waals surface area (Å²) in [5.41, 5.74) is 5.56.